The number of hydrogen-bond acceptors (Lipinski definition) is 8. The first-order valence-electron chi connectivity index (χ1n) is 9.90. The van der Waals surface area contributed by atoms with E-state index in [9.17, 15) is 8.42 Å². The lowest BCUT2D eigenvalue weighted by Crippen LogP contribution is -2.49. The van der Waals surface area contributed by atoms with E-state index < -0.39 is 10.0 Å². The summed E-state index contributed by atoms with van der Waals surface area (Å²) in [6, 6.07) is 9.16. The third-order valence-electron chi connectivity index (χ3n) is 5.44. The average Bonchev–Trinajstić information content (AvgIpc) is 3.40. The first-order chi connectivity index (χ1) is 15.0. The van der Waals surface area contributed by atoms with Gasteiger partial charge in [0.2, 0.25) is 10.0 Å². The number of para-hydroxylation sites is 1. The average molecular weight is 440 g/mol. The van der Waals surface area contributed by atoms with E-state index in [4.69, 9.17) is 4.52 Å². The number of benzene rings is 1. The molecule has 4 heterocycles. The highest BCUT2D eigenvalue weighted by molar-refractivity contribution is 7.88. The van der Waals surface area contributed by atoms with Crippen molar-refractivity contribution in [2.45, 2.75) is 12.7 Å². The molecule has 31 heavy (non-hydrogen) atoms. The van der Waals surface area contributed by atoms with Gasteiger partial charge < -0.3 is 9.42 Å². The van der Waals surface area contributed by atoms with E-state index in [2.05, 4.69) is 25.0 Å². The van der Waals surface area contributed by atoms with Crippen molar-refractivity contribution >= 4 is 26.8 Å². The van der Waals surface area contributed by atoms with Gasteiger partial charge in [0.05, 0.1) is 0 Å². The van der Waals surface area contributed by atoms with Gasteiger partial charge in [-0.05, 0) is 19.1 Å². The number of piperazine rings is 1. The zero-order valence-corrected chi connectivity index (χ0v) is 17.7. The Hall–Kier alpha value is -3.31. The van der Waals surface area contributed by atoms with E-state index in [1.54, 1.807) is 12.3 Å². The molecule has 0 aliphatic carbocycles. The van der Waals surface area contributed by atoms with Crippen LogP contribution in [0.2, 0.25) is 0 Å². The van der Waals surface area contributed by atoms with Gasteiger partial charge in [0.25, 0.3) is 0 Å². The Morgan fingerprint density at radius 1 is 1.03 bits per heavy atom. The topological polar surface area (TPSA) is 110 Å². The molecule has 0 spiro atoms. The zero-order valence-electron chi connectivity index (χ0n) is 16.9. The standard InChI is InChI=1S/C20H21N7O3S/c1-15-21-6-7-27(15)20-12-19(22-14-23-20)25-8-10-26(11-9-25)31(28,29)13-17-16-4-2-3-5-18(16)30-24-17/h2-7,12,14H,8-11,13H2,1H3. The fourth-order valence-electron chi connectivity index (χ4n) is 3.76. The number of rotatable bonds is 5. The number of anilines is 1. The third kappa shape index (κ3) is 3.77. The van der Waals surface area contributed by atoms with Crippen molar-refractivity contribution in [1.29, 1.82) is 0 Å². The molecule has 1 saturated heterocycles. The molecule has 1 aromatic carbocycles. The van der Waals surface area contributed by atoms with Gasteiger partial charge >= 0.3 is 0 Å². The molecular formula is C20H21N7O3S. The second kappa shape index (κ2) is 7.75. The van der Waals surface area contributed by atoms with E-state index >= 15 is 0 Å². The van der Waals surface area contributed by atoms with Crippen LogP contribution in [-0.2, 0) is 15.8 Å². The van der Waals surface area contributed by atoms with Crippen molar-refractivity contribution < 1.29 is 12.9 Å². The van der Waals surface area contributed by atoms with Crippen LogP contribution in [-0.4, -0.2) is 63.6 Å². The number of hydrogen-bond donors (Lipinski definition) is 0. The van der Waals surface area contributed by atoms with Gasteiger partial charge in [-0.3, -0.25) is 4.57 Å². The first-order valence-corrected chi connectivity index (χ1v) is 11.5. The molecule has 160 valence electrons. The number of nitrogens with zero attached hydrogens (tertiary/aromatic N) is 7. The molecule has 0 unspecified atom stereocenters. The lowest BCUT2D eigenvalue weighted by molar-refractivity contribution is 0.381. The summed E-state index contributed by atoms with van der Waals surface area (Å²) in [5.74, 6) is 2.15. The Morgan fingerprint density at radius 3 is 2.58 bits per heavy atom. The summed E-state index contributed by atoms with van der Waals surface area (Å²) >= 11 is 0. The van der Waals surface area contributed by atoms with Crippen LogP contribution in [0.25, 0.3) is 16.8 Å². The molecule has 0 saturated carbocycles. The maximum Gasteiger partial charge on any atom is 0.220 e. The van der Waals surface area contributed by atoms with Crippen molar-refractivity contribution in [3.8, 4) is 5.82 Å². The smallest absolute Gasteiger partial charge is 0.220 e. The highest BCUT2D eigenvalue weighted by atomic mass is 32.2. The second-order valence-corrected chi connectivity index (χ2v) is 9.32. The van der Waals surface area contributed by atoms with E-state index in [0.29, 0.717) is 37.5 Å². The lowest BCUT2D eigenvalue weighted by Gasteiger charge is -2.34. The maximum atomic E-state index is 13.0. The largest absolute Gasteiger partial charge is 0.356 e. The number of imidazole rings is 1. The minimum Gasteiger partial charge on any atom is -0.356 e. The van der Waals surface area contributed by atoms with E-state index in [1.165, 1.54) is 10.6 Å². The lowest BCUT2D eigenvalue weighted by atomic mass is 10.2. The van der Waals surface area contributed by atoms with Gasteiger partial charge in [0.1, 0.15) is 35.2 Å². The van der Waals surface area contributed by atoms with Crippen molar-refractivity contribution in [2.75, 3.05) is 31.1 Å². The summed E-state index contributed by atoms with van der Waals surface area (Å²) < 4.78 is 34.6. The highest BCUT2D eigenvalue weighted by Crippen LogP contribution is 2.23. The predicted octanol–water partition coefficient (Wildman–Crippen LogP) is 1.76. The fraction of sp³-hybridized carbons (Fsp3) is 0.300. The van der Waals surface area contributed by atoms with Crippen LogP contribution >= 0.6 is 0 Å². The Morgan fingerprint density at radius 2 is 1.81 bits per heavy atom. The summed E-state index contributed by atoms with van der Waals surface area (Å²) in [5, 5.41) is 4.69. The molecule has 0 atom stereocenters. The molecule has 11 heteroatoms. The minimum atomic E-state index is -3.51. The molecule has 1 fully saturated rings. The molecule has 0 N–H and O–H groups in total. The molecule has 10 nitrogen and oxygen atoms in total. The second-order valence-electron chi connectivity index (χ2n) is 7.35. The Labute approximate surface area is 179 Å². The van der Waals surface area contributed by atoms with Crippen LogP contribution in [0.1, 0.15) is 11.5 Å². The monoisotopic (exact) mass is 439 g/mol. The quantitative estimate of drug-likeness (QED) is 0.463. The van der Waals surface area contributed by atoms with Gasteiger partial charge in [-0.1, -0.05) is 17.3 Å². The normalized spacial score (nSPS) is 15.6. The van der Waals surface area contributed by atoms with E-state index in [1.807, 2.05) is 42.0 Å². The number of aromatic nitrogens is 5. The molecule has 0 bridgehead atoms. The van der Waals surface area contributed by atoms with Crippen LogP contribution in [0, 0.1) is 6.92 Å². The summed E-state index contributed by atoms with van der Waals surface area (Å²) in [7, 11) is -3.51. The highest BCUT2D eigenvalue weighted by Gasteiger charge is 2.29. The summed E-state index contributed by atoms with van der Waals surface area (Å²) in [4.78, 5) is 15.0. The molecule has 3 aromatic heterocycles. The third-order valence-corrected chi connectivity index (χ3v) is 7.23. The number of aryl methyl sites for hydroxylation is 1. The number of fused-ring (bicyclic) bond motifs is 1. The van der Waals surface area contributed by atoms with E-state index in [-0.39, 0.29) is 5.75 Å². The van der Waals surface area contributed by atoms with Crippen LogP contribution in [0.15, 0.2) is 53.6 Å². The summed E-state index contributed by atoms with van der Waals surface area (Å²) in [6.45, 7) is 3.74. The Balaban J connectivity index is 1.28. The predicted molar refractivity (Wildman–Crippen MR) is 114 cm³/mol. The molecule has 1 aliphatic heterocycles. The van der Waals surface area contributed by atoms with Crippen LogP contribution < -0.4 is 4.90 Å². The summed E-state index contributed by atoms with van der Waals surface area (Å²) in [6.07, 6.45) is 5.08. The number of sulfonamides is 1. The SMILES string of the molecule is Cc1nccn1-c1cc(N2CCN(S(=O)(=O)Cc3noc4ccccc34)CC2)ncn1. The molecule has 0 radical (unpaired) electrons. The maximum absolute atomic E-state index is 13.0. The van der Waals surface area contributed by atoms with Crippen LogP contribution in [0.5, 0.6) is 0 Å². The first kappa shape index (κ1) is 19.6. The fourth-order valence-corrected chi connectivity index (χ4v) is 5.22. The van der Waals surface area contributed by atoms with Crippen LogP contribution in [0.3, 0.4) is 0 Å². The van der Waals surface area contributed by atoms with Gasteiger partial charge in [0.15, 0.2) is 5.58 Å². The minimum absolute atomic E-state index is 0.179. The molecule has 5 rings (SSSR count). The zero-order chi connectivity index (χ0) is 21.4. The van der Waals surface area contributed by atoms with Gasteiger partial charge in [0, 0.05) is 50.0 Å². The molecular weight excluding hydrogens is 418 g/mol. The van der Waals surface area contributed by atoms with Crippen LogP contribution in [0.4, 0.5) is 5.82 Å². The van der Waals surface area contributed by atoms with Crippen molar-refractivity contribution in [2.24, 2.45) is 0 Å². The van der Waals surface area contributed by atoms with Gasteiger partial charge in [-0.15, -0.1) is 0 Å². The Bertz CT molecular complexity index is 1320. The van der Waals surface area contributed by atoms with Crippen molar-refractivity contribution in [3.05, 3.63) is 60.6 Å². The van der Waals surface area contributed by atoms with Gasteiger partial charge in [-0.25, -0.2) is 23.4 Å². The van der Waals surface area contributed by atoms with E-state index in [0.717, 1.165) is 22.8 Å². The molecule has 0 amide bonds. The molecule has 1 aliphatic rings. The molecule has 4 aromatic rings. The van der Waals surface area contributed by atoms with Crippen molar-refractivity contribution in [3.63, 3.8) is 0 Å². The summed E-state index contributed by atoms with van der Waals surface area (Å²) in [5.41, 5.74) is 1.03. The Kier molecular flexibility index (Phi) is 4.91. The van der Waals surface area contributed by atoms with Crippen molar-refractivity contribution in [1.82, 2.24) is 29.0 Å². The van der Waals surface area contributed by atoms with Gasteiger partial charge in [-0.2, -0.15) is 4.31 Å².